The Morgan fingerprint density at radius 3 is 2.43 bits per heavy atom. The van der Waals surface area contributed by atoms with Gasteiger partial charge in [0.25, 0.3) is 0 Å². The Balaban J connectivity index is 1.48. The monoisotopic (exact) mass is 400 g/mol. The van der Waals surface area contributed by atoms with Crippen LogP contribution in [0.4, 0.5) is 0 Å². The third kappa shape index (κ3) is 4.23. The van der Waals surface area contributed by atoms with E-state index >= 15 is 0 Å². The Kier molecular flexibility index (Phi) is 5.57. The van der Waals surface area contributed by atoms with Crippen LogP contribution in [0.15, 0.2) is 66.4 Å². The van der Waals surface area contributed by atoms with Crippen molar-refractivity contribution in [1.82, 2.24) is 0 Å². The number of ketones is 1. The van der Waals surface area contributed by atoms with E-state index in [1.165, 1.54) is 11.1 Å². The van der Waals surface area contributed by atoms with Gasteiger partial charge in [-0.15, -0.1) is 0 Å². The lowest BCUT2D eigenvalue weighted by Crippen LogP contribution is -1.99. The van der Waals surface area contributed by atoms with Crippen molar-refractivity contribution in [2.75, 3.05) is 6.61 Å². The standard InChI is InChI=1S/C26H24O4/c1-4-28-21-9-7-19(8-10-21)14-25-26(27)23-12-11-22(15-24(23)30-25)29-16-20-13-17(2)5-6-18(20)3/h5-15H,4,16H2,1-3H3. The predicted molar refractivity (Wildman–Crippen MR) is 117 cm³/mol. The molecule has 0 radical (unpaired) electrons. The summed E-state index contributed by atoms with van der Waals surface area (Å²) in [4.78, 5) is 12.7. The summed E-state index contributed by atoms with van der Waals surface area (Å²) < 4.78 is 17.2. The molecule has 0 fully saturated rings. The van der Waals surface area contributed by atoms with Crippen LogP contribution in [0, 0.1) is 13.8 Å². The molecule has 3 aromatic carbocycles. The first-order valence-electron chi connectivity index (χ1n) is 10.0. The minimum Gasteiger partial charge on any atom is -0.494 e. The Morgan fingerprint density at radius 2 is 1.67 bits per heavy atom. The van der Waals surface area contributed by atoms with Crippen LogP contribution < -0.4 is 14.2 Å². The minimum atomic E-state index is -0.125. The molecule has 0 aliphatic carbocycles. The smallest absolute Gasteiger partial charge is 0.231 e. The molecule has 0 spiro atoms. The highest BCUT2D eigenvalue weighted by Gasteiger charge is 2.27. The molecule has 152 valence electrons. The number of carbonyl (C=O) groups excluding carboxylic acids is 1. The summed E-state index contributed by atoms with van der Waals surface area (Å²) in [7, 11) is 0. The Bertz CT molecular complexity index is 1110. The van der Waals surface area contributed by atoms with Gasteiger partial charge < -0.3 is 14.2 Å². The highest BCUT2D eigenvalue weighted by molar-refractivity contribution is 6.14. The van der Waals surface area contributed by atoms with E-state index in [-0.39, 0.29) is 5.78 Å². The Morgan fingerprint density at radius 1 is 0.900 bits per heavy atom. The number of carbonyl (C=O) groups is 1. The van der Waals surface area contributed by atoms with Crippen molar-refractivity contribution in [2.45, 2.75) is 27.4 Å². The van der Waals surface area contributed by atoms with E-state index in [0.29, 0.717) is 36.0 Å². The van der Waals surface area contributed by atoms with Crippen molar-refractivity contribution in [3.05, 3.63) is 94.2 Å². The molecule has 0 unspecified atom stereocenters. The molecule has 4 rings (SSSR count). The highest BCUT2D eigenvalue weighted by atomic mass is 16.5. The topological polar surface area (TPSA) is 44.8 Å². The van der Waals surface area contributed by atoms with Gasteiger partial charge in [0.15, 0.2) is 5.76 Å². The molecule has 3 aromatic rings. The first kappa shape index (κ1) is 19.8. The average molecular weight is 400 g/mol. The summed E-state index contributed by atoms with van der Waals surface area (Å²) in [6.45, 7) is 7.16. The summed E-state index contributed by atoms with van der Waals surface area (Å²) in [5.74, 6) is 2.17. The molecular formula is C26H24O4. The summed E-state index contributed by atoms with van der Waals surface area (Å²) in [6, 6.07) is 19.2. The van der Waals surface area contributed by atoms with Crippen molar-refractivity contribution in [3.63, 3.8) is 0 Å². The minimum absolute atomic E-state index is 0.125. The molecule has 0 saturated heterocycles. The van der Waals surface area contributed by atoms with Crippen molar-refractivity contribution in [1.29, 1.82) is 0 Å². The molecular weight excluding hydrogens is 376 g/mol. The zero-order valence-corrected chi connectivity index (χ0v) is 17.4. The SMILES string of the molecule is CCOc1ccc(C=C2Oc3cc(OCc4cc(C)ccc4C)ccc3C2=O)cc1. The average Bonchev–Trinajstić information content (AvgIpc) is 3.05. The van der Waals surface area contributed by atoms with Crippen LogP contribution in [0.2, 0.25) is 0 Å². The van der Waals surface area contributed by atoms with Crippen molar-refractivity contribution < 1.29 is 19.0 Å². The van der Waals surface area contributed by atoms with Gasteiger partial charge in [0, 0.05) is 6.07 Å². The molecule has 1 aliphatic heterocycles. The van der Waals surface area contributed by atoms with E-state index in [0.717, 1.165) is 16.9 Å². The van der Waals surface area contributed by atoms with Gasteiger partial charge in [-0.2, -0.15) is 0 Å². The molecule has 1 aliphatic rings. The lowest BCUT2D eigenvalue weighted by molar-refractivity contribution is 0.101. The van der Waals surface area contributed by atoms with Gasteiger partial charge in [-0.05, 0) is 67.8 Å². The highest BCUT2D eigenvalue weighted by Crippen LogP contribution is 2.35. The third-order valence-corrected chi connectivity index (χ3v) is 5.03. The van der Waals surface area contributed by atoms with Crippen LogP contribution in [-0.4, -0.2) is 12.4 Å². The van der Waals surface area contributed by atoms with Crippen LogP contribution in [0.25, 0.3) is 6.08 Å². The normalized spacial score (nSPS) is 13.8. The number of Topliss-reactive ketones (excluding diaryl/α,β-unsaturated/α-hetero) is 1. The van der Waals surface area contributed by atoms with Gasteiger partial charge in [0.2, 0.25) is 5.78 Å². The van der Waals surface area contributed by atoms with Crippen LogP contribution >= 0.6 is 0 Å². The molecule has 4 nitrogen and oxygen atoms in total. The number of ether oxygens (including phenoxy) is 3. The van der Waals surface area contributed by atoms with E-state index in [1.807, 2.05) is 37.3 Å². The summed E-state index contributed by atoms with van der Waals surface area (Å²) in [5.41, 5.74) is 4.95. The van der Waals surface area contributed by atoms with E-state index in [9.17, 15) is 4.79 Å². The molecule has 0 N–H and O–H groups in total. The zero-order valence-electron chi connectivity index (χ0n) is 17.4. The maximum atomic E-state index is 12.7. The molecule has 0 atom stereocenters. The molecule has 30 heavy (non-hydrogen) atoms. The van der Waals surface area contributed by atoms with Crippen molar-refractivity contribution in [2.24, 2.45) is 0 Å². The number of hydrogen-bond donors (Lipinski definition) is 0. The summed E-state index contributed by atoms with van der Waals surface area (Å²) in [6.07, 6.45) is 1.74. The number of allylic oxidation sites excluding steroid dienone is 1. The van der Waals surface area contributed by atoms with E-state index in [1.54, 1.807) is 18.2 Å². The second-order valence-electron chi connectivity index (χ2n) is 7.32. The zero-order chi connectivity index (χ0) is 21.1. The van der Waals surface area contributed by atoms with Crippen LogP contribution in [0.5, 0.6) is 17.2 Å². The summed E-state index contributed by atoms with van der Waals surface area (Å²) in [5, 5.41) is 0. The number of fused-ring (bicyclic) bond motifs is 1. The van der Waals surface area contributed by atoms with Gasteiger partial charge in [0.05, 0.1) is 12.2 Å². The fourth-order valence-corrected chi connectivity index (χ4v) is 3.35. The predicted octanol–water partition coefficient (Wildman–Crippen LogP) is 5.90. The molecule has 0 amide bonds. The van der Waals surface area contributed by atoms with Gasteiger partial charge in [-0.25, -0.2) is 0 Å². The largest absolute Gasteiger partial charge is 0.494 e. The lowest BCUT2D eigenvalue weighted by atomic mass is 10.1. The number of aryl methyl sites for hydroxylation is 2. The van der Waals surface area contributed by atoms with Crippen LogP contribution in [0.3, 0.4) is 0 Å². The molecule has 4 heteroatoms. The van der Waals surface area contributed by atoms with E-state index < -0.39 is 0 Å². The lowest BCUT2D eigenvalue weighted by Gasteiger charge is -2.10. The Hall–Kier alpha value is -3.53. The second kappa shape index (κ2) is 8.46. The van der Waals surface area contributed by atoms with Gasteiger partial charge >= 0.3 is 0 Å². The third-order valence-electron chi connectivity index (χ3n) is 5.03. The van der Waals surface area contributed by atoms with Crippen molar-refractivity contribution >= 4 is 11.9 Å². The number of hydrogen-bond acceptors (Lipinski definition) is 4. The molecule has 0 aromatic heterocycles. The number of rotatable bonds is 6. The fourth-order valence-electron chi connectivity index (χ4n) is 3.35. The fraction of sp³-hybridized carbons (Fsp3) is 0.192. The van der Waals surface area contributed by atoms with E-state index in [2.05, 4.69) is 32.0 Å². The van der Waals surface area contributed by atoms with Crippen molar-refractivity contribution in [3.8, 4) is 17.2 Å². The first-order valence-corrected chi connectivity index (χ1v) is 10.0. The van der Waals surface area contributed by atoms with E-state index in [4.69, 9.17) is 14.2 Å². The second-order valence-corrected chi connectivity index (χ2v) is 7.32. The molecule has 0 bridgehead atoms. The first-order chi connectivity index (χ1) is 14.5. The summed E-state index contributed by atoms with van der Waals surface area (Å²) >= 11 is 0. The Labute approximate surface area is 176 Å². The molecule has 1 heterocycles. The number of benzene rings is 3. The quantitative estimate of drug-likeness (QED) is 0.484. The molecule has 0 saturated carbocycles. The van der Waals surface area contributed by atoms with Crippen LogP contribution in [-0.2, 0) is 6.61 Å². The maximum Gasteiger partial charge on any atom is 0.231 e. The van der Waals surface area contributed by atoms with Crippen LogP contribution in [0.1, 0.15) is 39.5 Å². The maximum absolute atomic E-state index is 12.7. The van der Waals surface area contributed by atoms with Gasteiger partial charge in [-0.1, -0.05) is 35.9 Å². The van der Waals surface area contributed by atoms with Gasteiger partial charge in [0.1, 0.15) is 23.9 Å². The van der Waals surface area contributed by atoms with Gasteiger partial charge in [-0.3, -0.25) is 4.79 Å².